The molecule has 1 N–H and O–H groups in total. The van der Waals surface area contributed by atoms with Gasteiger partial charge in [0, 0.05) is 12.8 Å². The van der Waals surface area contributed by atoms with Gasteiger partial charge in [0.1, 0.15) is 13.2 Å². The van der Waals surface area contributed by atoms with Crippen LogP contribution >= 0.6 is 0 Å². The molecule has 0 aliphatic rings. The van der Waals surface area contributed by atoms with E-state index in [0.29, 0.717) is 17.4 Å². The number of hydrogen-bond donors (Lipinski definition) is 1. The third-order valence-corrected chi connectivity index (χ3v) is 17.7. The largest absolute Gasteiger partial charge is 0.477 e. The van der Waals surface area contributed by atoms with Crippen LogP contribution in [0.5, 0.6) is 0 Å². The van der Waals surface area contributed by atoms with E-state index in [1.165, 1.54) is 334 Å². The average molecular weight is 1230 g/mol. The van der Waals surface area contributed by atoms with Gasteiger partial charge in [0.15, 0.2) is 6.10 Å². The van der Waals surface area contributed by atoms with Crippen molar-refractivity contribution in [1.82, 2.24) is 0 Å². The highest BCUT2D eigenvalue weighted by Crippen LogP contribution is 2.19. The molecule has 0 saturated heterocycles. The minimum absolute atomic E-state index is 0.176. The number of quaternary nitrogens is 1. The summed E-state index contributed by atoms with van der Waals surface area (Å²) in [6.45, 7) is 4.95. The molecule has 0 aromatic rings. The number of unbranched alkanes of at least 4 members (excludes halogenated alkanes) is 54. The highest BCUT2D eigenvalue weighted by Gasteiger charge is 2.25. The molecule has 514 valence electrons. The van der Waals surface area contributed by atoms with Crippen molar-refractivity contribution in [3.8, 4) is 0 Å². The third-order valence-electron chi connectivity index (χ3n) is 17.7. The van der Waals surface area contributed by atoms with E-state index < -0.39 is 18.4 Å². The zero-order valence-electron chi connectivity index (χ0n) is 59.0. The van der Waals surface area contributed by atoms with Crippen LogP contribution in [0.15, 0.2) is 24.3 Å². The maximum Gasteiger partial charge on any atom is 0.361 e. The summed E-state index contributed by atoms with van der Waals surface area (Å²) in [5.41, 5.74) is 0. The molecule has 0 aromatic heterocycles. The van der Waals surface area contributed by atoms with Crippen molar-refractivity contribution < 1.29 is 42.9 Å². The molecule has 0 aliphatic heterocycles. The second-order valence-electron chi connectivity index (χ2n) is 27.7. The van der Waals surface area contributed by atoms with Gasteiger partial charge in [-0.15, -0.1) is 0 Å². The number of likely N-dealkylation sites (N-methyl/N-ethyl adjacent to an activating group) is 1. The molecule has 0 spiro atoms. The summed E-state index contributed by atoms with van der Waals surface area (Å²) in [6.07, 6.45) is 84.8. The molecule has 2 atom stereocenters. The molecule has 2 unspecified atom stereocenters. The first-order chi connectivity index (χ1) is 42.6. The Morgan fingerprint density at radius 1 is 0.333 bits per heavy atom. The fourth-order valence-corrected chi connectivity index (χ4v) is 11.8. The number of carboxylic acids is 1. The van der Waals surface area contributed by atoms with Gasteiger partial charge in [0.2, 0.25) is 0 Å². The zero-order valence-corrected chi connectivity index (χ0v) is 59.0. The maximum absolute atomic E-state index is 13.0. The van der Waals surface area contributed by atoms with E-state index in [9.17, 15) is 19.5 Å². The number of carbonyl (C=O) groups excluding carboxylic acids is 2. The molecule has 87 heavy (non-hydrogen) atoms. The van der Waals surface area contributed by atoms with Crippen molar-refractivity contribution in [3.63, 3.8) is 0 Å². The molecule has 0 fully saturated rings. The van der Waals surface area contributed by atoms with Crippen LogP contribution in [0.4, 0.5) is 0 Å². The highest BCUT2D eigenvalue weighted by atomic mass is 16.7. The summed E-state index contributed by atoms with van der Waals surface area (Å²) in [4.78, 5) is 37.7. The van der Waals surface area contributed by atoms with Gasteiger partial charge in [0.25, 0.3) is 6.29 Å². The third kappa shape index (κ3) is 71.1. The van der Waals surface area contributed by atoms with Crippen molar-refractivity contribution in [2.45, 2.75) is 411 Å². The molecule has 9 heteroatoms. The molecular weight excluding hydrogens is 1080 g/mol. The number of hydrogen-bond acceptors (Lipinski definition) is 7. The Morgan fingerprint density at radius 2 is 0.586 bits per heavy atom. The standard InChI is InChI=1S/C78H149NO8/c1-6-8-10-12-14-16-18-20-22-24-26-28-30-31-32-33-34-35-36-37-38-39-40-41-42-43-44-45-47-49-51-53-55-57-59-61-63-65-67-69-76(81)87-74(73-86-78(77(82)83)84-71-70-79(3,4)5)72-85-75(80)68-66-64-62-60-58-56-54-52-50-48-46-29-27-25-23-21-19-17-15-13-11-9-7-2/h24-27,74,78H,6-23,28-73H2,1-5H3/p+1/b26-24-,27-25-. The Hall–Kier alpha value is -2.23. The van der Waals surface area contributed by atoms with Crippen LogP contribution in [0.25, 0.3) is 0 Å². The van der Waals surface area contributed by atoms with Crippen LogP contribution in [-0.4, -0.2) is 87.4 Å². The van der Waals surface area contributed by atoms with Crippen molar-refractivity contribution in [1.29, 1.82) is 0 Å². The topological polar surface area (TPSA) is 108 Å². The summed E-state index contributed by atoms with van der Waals surface area (Å²) >= 11 is 0. The summed E-state index contributed by atoms with van der Waals surface area (Å²) < 4.78 is 23.0. The predicted molar refractivity (Wildman–Crippen MR) is 374 cm³/mol. The highest BCUT2D eigenvalue weighted by molar-refractivity contribution is 5.71. The van der Waals surface area contributed by atoms with Crippen LogP contribution < -0.4 is 0 Å². The number of allylic oxidation sites excluding steroid dienone is 4. The predicted octanol–water partition coefficient (Wildman–Crippen LogP) is 24.1. The van der Waals surface area contributed by atoms with Gasteiger partial charge < -0.3 is 28.5 Å². The van der Waals surface area contributed by atoms with Crippen LogP contribution in [0.2, 0.25) is 0 Å². The summed E-state index contributed by atoms with van der Waals surface area (Å²) in [6, 6.07) is 0. The molecule has 0 aliphatic carbocycles. The van der Waals surface area contributed by atoms with E-state index in [1.54, 1.807) is 0 Å². The van der Waals surface area contributed by atoms with Crippen LogP contribution in [0.1, 0.15) is 399 Å². The van der Waals surface area contributed by atoms with Gasteiger partial charge in [-0.1, -0.05) is 346 Å². The van der Waals surface area contributed by atoms with Gasteiger partial charge in [-0.05, 0) is 64.2 Å². The second kappa shape index (κ2) is 69.7. The van der Waals surface area contributed by atoms with Crippen molar-refractivity contribution >= 4 is 17.9 Å². The summed E-state index contributed by atoms with van der Waals surface area (Å²) in [7, 11) is 5.99. The van der Waals surface area contributed by atoms with Crippen LogP contribution in [0, 0.1) is 0 Å². The molecule has 0 amide bonds. The zero-order chi connectivity index (χ0) is 63.3. The van der Waals surface area contributed by atoms with Crippen molar-refractivity contribution in [2.75, 3.05) is 47.5 Å². The second-order valence-corrected chi connectivity index (χ2v) is 27.7. The molecule has 0 saturated carbocycles. The normalized spacial score (nSPS) is 12.7. The molecular formula is C78H150NO8+. The van der Waals surface area contributed by atoms with Gasteiger partial charge >= 0.3 is 17.9 Å². The number of aliphatic carboxylic acids is 1. The molecule has 0 aromatic carbocycles. The number of rotatable bonds is 73. The maximum atomic E-state index is 13.0. The monoisotopic (exact) mass is 1230 g/mol. The molecule has 0 rings (SSSR count). The minimum Gasteiger partial charge on any atom is -0.477 e. The van der Waals surface area contributed by atoms with Gasteiger partial charge in [-0.25, -0.2) is 4.79 Å². The Balaban J connectivity index is 3.95. The van der Waals surface area contributed by atoms with E-state index in [2.05, 4.69) is 38.2 Å². The smallest absolute Gasteiger partial charge is 0.361 e. The number of esters is 2. The van der Waals surface area contributed by atoms with E-state index in [0.717, 1.165) is 38.5 Å². The SMILES string of the molecule is CCCCCCCCCC/C=C\CCCCCCCCCCCCCCCCCCCCCCCCCCCCCC(=O)OC(COC(=O)CCCCCCCCCCCCC/C=C\CCCCCCCCCC)COC(OCC[N+](C)(C)C)C(=O)O. The average Bonchev–Trinajstić information content (AvgIpc) is 3.55. The fraction of sp³-hybridized carbons (Fsp3) is 0.910. The quantitative estimate of drug-likeness (QED) is 0.0211. The first-order valence-corrected chi connectivity index (χ1v) is 38.5. The molecule has 9 nitrogen and oxygen atoms in total. The van der Waals surface area contributed by atoms with E-state index in [-0.39, 0.29) is 38.2 Å². The molecule has 0 radical (unpaired) electrons. The minimum atomic E-state index is -1.51. The summed E-state index contributed by atoms with van der Waals surface area (Å²) in [5, 5.41) is 9.76. The van der Waals surface area contributed by atoms with Gasteiger partial charge in [-0.2, -0.15) is 0 Å². The Labute approximate surface area is 541 Å². The van der Waals surface area contributed by atoms with E-state index in [4.69, 9.17) is 18.9 Å². The van der Waals surface area contributed by atoms with Crippen LogP contribution in [0.3, 0.4) is 0 Å². The Bertz CT molecular complexity index is 1480. The lowest BCUT2D eigenvalue weighted by Gasteiger charge is -2.25. The van der Waals surface area contributed by atoms with Crippen LogP contribution in [-0.2, 0) is 33.3 Å². The number of nitrogens with zero attached hydrogens (tertiary/aromatic N) is 1. The Morgan fingerprint density at radius 3 is 0.851 bits per heavy atom. The van der Waals surface area contributed by atoms with Gasteiger partial charge in [-0.3, -0.25) is 9.59 Å². The van der Waals surface area contributed by atoms with E-state index >= 15 is 0 Å². The Kier molecular flexibility index (Phi) is 67.9. The molecule has 0 bridgehead atoms. The lowest BCUT2D eigenvalue weighted by Crippen LogP contribution is -2.40. The fourth-order valence-electron chi connectivity index (χ4n) is 11.8. The first kappa shape index (κ1) is 84.8. The van der Waals surface area contributed by atoms with Crippen molar-refractivity contribution in [2.24, 2.45) is 0 Å². The number of carbonyl (C=O) groups is 3. The molecule has 0 heterocycles. The lowest BCUT2D eigenvalue weighted by molar-refractivity contribution is -0.870. The van der Waals surface area contributed by atoms with Crippen molar-refractivity contribution in [3.05, 3.63) is 24.3 Å². The van der Waals surface area contributed by atoms with Gasteiger partial charge in [0.05, 0.1) is 34.4 Å². The lowest BCUT2D eigenvalue weighted by atomic mass is 10.0. The number of ether oxygens (including phenoxy) is 4. The first-order valence-electron chi connectivity index (χ1n) is 38.5. The number of carboxylic acid groups (broad SMARTS) is 1. The summed E-state index contributed by atoms with van der Waals surface area (Å²) in [5.74, 6) is -1.97. The van der Waals surface area contributed by atoms with E-state index in [1.807, 2.05) is 21.1 Å².